The number of urea groups is 1. The highest BCUT2D eigenvalue weighted by molar-refractivity contribution is 6.33. The van der Waals surface area contributed by atoms with E-state index in [9.17, 15) is 9.59 Å². The minimum atomic E-state index is -1.10. The van der Waals surface area contributed by atoms with Gasteiger partial charge in [0.05, 0.1) is 23.3 Å². The van der Waals surface area contributed by atoms with E-state index in [4.69, 9.17) is 21.4 Å². The molecule has 7 heteroatoms. The second-order valence-corrected chi connectivity index (χ2v) is 4.96. The van der Waals surface area contributed by atoms with Gasteiger partial charge in [-0.3, -0.25) is 0 Å². The van der Waals surface area contributed by atoms with Crippen LogP contribution in [0.3, 0.4) is 0 Å². The number of benzene rings is 1. The molecule has 1 aromatic carbocycles. The van der Waals surface area contributed by atoms with Crippen LogP contribution in [0.25, 0.3) is 0 Å². The van der Waals surface area contributed by atoms with E-state index in [1.807, 2.05) is 6.92 Å². The van der Waals surface area contributed by atoms with E-state index >= 15 is 0 Å². The third-order valence-electron chi connectivity index (χ3n) is 2.98. The molecule has 2 rings (SSSR count). The standard InChI is InChI=1S/C13H15ClN2O4/c1-8-7-16(4-5-20-8)13(19)15-9-2-3-10(12(17)18)11(14)6-9/h2-3,6,8H,4-5,7H2,1H3,(H,15,19)(H,17,18). The van der Waals surface area contributed by atoms with E-state index in [0.29, 0.717) is 25.4 Å². The van der Waals surface area contributed by atoms with Gasteiger partial charge in [0.2, 0.25) is 0 Å². The largest absolute Gasteiger partial charge is 0.478 e. The lowest BCUT2D eigenvalue weighted by molar-refractivity contribution is -0.00138. The number of carboxylic acid groups (broad SMARTS) is 1. The van der Waals surface area contributed by atoms with Crippen molar-refractivity contribution in [1.29, 1.82) is 0 Å². The van der Waals surface area contributed by atoms with Gasteiger partial charge in [0.25, 0.3) is 0 Å². The highest BCUT2D eigenvalue weighted by atomic mass is 35.5. The van der Waals surface area contributed by atoms with E-state index < -0.39 is 5.97 Å². The zero-order valence-electron chi connectivity index (χ0n) is 10.9. The van der Waals surface area contributed by atoms with Crippen molar-refractivity contribution < 1.29 is 19.4 Å². The number of ether oxygens (including phenoxy) is 1. The van der Waals surface area contributed by atoms with Crippen LogP contribution < -0.4 is 5.32 Å². The molecule has 2 N–H and O–H groups in total. The van der Waals surface area contributed by atoms with Gasteiger partial charge in [-0.05, 0) is 25.1 Å². The Morgan fingerprint density at radius 1 is 1.50 bits per heavy atom. The van der Waals surface area contributed by atoms with Crippen LogP contribution in [-0.2, 0) is 4.74 Å². The maximum absolute atomic E-state index is 12.0. The summed E-state index contributed by atoms with van der Waals surface area (Å²) in [6.07, 6.45) is 0.00692. The third-order valence-corrected chi connectivity index (χ3v) is 3.29. The van der Waals surface area contributed by atoms with Gasteiger partial charge in [-0.1, -0.05) is 11.6 Å². The lowest BCUT2D eigenvalue weighted by Crippen LogP contribution is -2.46. The zero-order valence-corrected chi connectivity index (χ0v) is 11.7. The van der Waals surface area contributed by atoms with Gasteiger partial charge in [-0.2, -0.15) is 0 Å². The summed E-state index contributed by atoms with van der Waals surface area (Å²) >= 11 is 5.85. The van der Waals surface area contributed by atoms with Gasteiger partial charge < -0.3 is 20.1 Å². The zero-order chi connectivity index (χ0) is 14.7. The lowest BCUT2D eigenvalue weighted by Gasteiger charge is -2.31. The normalized spacial score (nSPS) is 18.7. The number of halogens is 1. The highest BCUT2D eigenvalue weighted by Gasteiger charge is 2.21. The van der Waals surface area contributed by atoms with Gasteiger partial charge in [-0.25, -0.2) is 9.59 Å². The van der Waals surface area contributed by atoms with E-state index in [1.165, 1.54) is 18.2 Å². The van der Waals surface area contributed by atoms with E-state index in [-0.39, 0.29) is 22.7 Å². The maximum Gasteiger partial charge on any atom is 0.337 e. The topological polar surface area (TPSA) is 78.9 Å². The molecule has 0 saturated carbocycles. The Labute approximate surface area is 121 Å². The molecule has 1 aliphatic heterocycles. The second kappa shape index (κ2) is 6.11. The summed E-state index contributed by atoms with van der Waals surface area (Å²) in [5.41, 5.74) is 0.466. The van der Waals surface area contributed by atoms with Crippen molar-refractivity contribution in [1.82, 2.24) is 4.90 Å². The predicted molar refractivity (Wildman–Crippen MR) is 74.4 cm³/mol. The molecule has 1 aromatic rings. The second-order valence-electron chi connectivity index (χ2n) is 4.56. The number of hydrogen-bond donors (Lipinski definition) is 2. The maximum atomic E-state index is 12.0. The Bertz CT molecular complexity index is 535. The first-order chi connectivity index (χ1) is 9.47. The summed E-state index contributed by atoms with van der Waals surface area (Å²) in [5, 5.41) is 11.7. The average molecular weight is 299 g/mol. The molecular weight excluding hydrogens is 284 g/mol. The number of nitrogens with one attached hydrogen (secondary N) is 1. The molecule has 0 bridgehead atoms. The molecule has 0 aromatic heterocycles. The fourth-order valence-corrected chi connectivity index (χ4v) is 2.23. The van der Waals surface area contributed by atoms with Gasteiger partial charge >= 0.3 is 12.0 Å². The van der Waals surface area contributed by atoms with Gasteiger partial charge in [-0.15, -0.1) is 0 Å². The molecule has 1 atom stereocenters. The Balaban J connectivity index is 2.04. The number of rotatable bonds is 2. The predicted octanol–water partition coefficient (Wildman–Crippen LogP) is 2.29. The molecular formula is C13H15ClN2O4. The van der Waals surface area contributed by atoms with Crippen molar-refractivity contribution in [2.75, 3.05) is 25.0 Å². The molecule has 1 unspecified atom stereocenters. The molecule has 6 nitrogen and oxygen atoms in total. The molecule has 108 valence electrons. The molecule has 1 heterocycles. The third kappa shape index (κ3) is 3.40. The van der Waals surface area contributed by atoms with Crippen LogP contribution in [0, 0.1) is 0 Å². The van der Waals surface area contributed by atoms with Crippen molar-refractivity contribution in [3.05, 3.63) is 28.8 Å². The summed E-state index contributed by atoms with van der Waals surface area (Å²) in [7, 11) is 0. The Morgan fingerprint density at radius 3 is 2.85 bits per heavy atom. The van der Waals surface area contributed by atoms with Crippen LogP contribution in [0.5, 0.6) is 0 Å². The molecule has 2 amide bonds. The molecule has 0 radical (unpaired) electrons. The minimum absolute atomic E-state index is 0.00432. The number of morpholine rings is 1. The smallest absolute Gasteiger partial charge is 0.337 e. The number of anilines is 1. The first-order valence-electron chi connectivity index (χ1n) is 6.17. The number of nitrogens with zero attached hydrogens (tertiary/aromatic N) is 1. The summed E-state index contributed by atoms with van der Waals surface area (Å²) in [6.45, 7) is 3.45. The fraction of sp³-hybridized carbons (Fsp3) is 0.385. The number of amides is 2. The monoisotopic (exact) mass is 298 g/mol. The summed E-state index contributed by atoms with van der Waals surface area (Å²) in [6, 6.07) is 4.05. The SMILES string of the molecule is CC1CN(C(=O)Nc2ccc(C(=O)O)c(Cl)c2)CCO1. The lowest BCUT2D eigenvalue weighted by atomic mass is 10.2. The summed E-state index contributed by atoms with van der Waals surface area (Å²) < 4.78 is 5.36. The molecule has 1 aliphatic rings. The quantitative estimate of drug-likeness (QED) is 0.878. The molecule has 0 spiro atoms. The van der Waals surface area contributed by atoms with Crippen LogP contribution in [0.4, 0.5) is 10.5 Å². The first-order valence-corrected chi connectivity index (χ1v) is 6.55. The average Bonchev–Trinajstić information content (AvgIpc) is 2.38. The minimum Gasteiger partial charge on any atom is -0.478 e. The van der Waals surface area contributed by atoms with Crippen LogP contribution in [0.2, 0.25) is 5.02 Å². The van der Waals surface area contributed by atoms with Crippen LogP contribution >= 0.6 is 11.6 Å². The van der Waals surface area contributed by atoms with Gasteiger partial charge in [0.1, 0.15) is 0 Å². The fourth-order valence-electron chi connectivity index (χ4n) is 1.97. The molecule has 0 aliphatic carbocycles. The van der Waals surface area contributed by atoms with Crippen molar-refractivity contribution in [3.63, 3.8) is 0 Å². The van der Waals surface area contributed by atoms with Crippen LogP contribution in [0.1, 0.15) is 17.3 Å². The highest BCUT2D eigenvalue weighted by Crippen LogP contribution is 2.21. The van der Waals surface area contributed by atoms with E-state index in [2.05, 4.69) is 5.32 Å². The van der Waals surface area contributed by atoms with Crippen LogP contribution in [0.15, 0.2) is 18.2 Å². The van der Waals surface area contributed by atoms with Crippen LogP contribution in [-0.4, -0.2) is 47.8 Å². The number of carbonyl (C=O) groups is 2. The van der Waals surface area contributed by atoms with Crippen molar-refractivity contribution >= 4 is 29.3 Å². The Kier molecular flexibility index (Phi) is 4.46. The number of hydrogen-bond acceptors (Lipinski definition) is 3. The summed E-state index contributed by atoms with van der Waals surface area (Å²) in [5.74, 6) is -1.10. The van der Waals surface area contributed by atoms with E-state index in [0.717, 1.165) is 0 Å². The number of carbonyl (C=O) groups excluding carboxylic acids is 1. The van der Waals surface area contributed by atoms with Crippen molar-refractivity contribution in [3.8, 4) is 0 Å². The number of aromatic carboxylic acids is 1. The van der Waals surface area contributed by atoms with Crippen molar-refractivity contribution in [2.45, 2.75) is 13.0 Å². The van der Waals surface area contributed by atoms with Gasteiger partial charge in [0, 0.05) is 18.8 Å². The molecule has 20 heavy (non-hydrogen) atoms. The summed E-state index contributed by atoms with van der Waals surface area (Å²) in [4.78, 5) is 24.5. The van der Waals surface area contributed by atoms with Crippen molar-refractivity contribution in [2.24, 2.45) is 0 Å². The van der Waals surface area contributed by atoms with E-state index in [1.54, 1.807) is 4.90 Å². The Morgan fingerprint density at radius 2 is 2.25 bits per heavy atom. The van der Waals surface area contributed by atoms with Gasteiger partial charge in [0.15, 0.2) is 0 Å². The molecule has 1 saturated heterocycles. The molecule has 1 fully saturated rings. The first kappa shape index (κ1) is 14.6. The Hall–Kier alpha value is -1.79. The number of carboxylic acids is 1.